The molecule has 2 aliphatic heterocycles. The Morgan fingerprint density at radius 1 is 1.06 bits per heavy atom. The average Bonchev–Trinajstić information content (AvgIpc) is 2.81. The van der Waals surface area contributed by atoms with Crippen molar-refractivity contribution in [3.8, 4) is 0 Å². The third-order valence-corrected chi connectivity index (χ3v) is 6.90. The second-order valence-electron chi connectivity index (χ2n) is 8.64. The lowest BCUT2D eigenvalue weighted by atomic mass is 9.71. The Balaban J connectivity index is 1.61. The smallest absolute Gasteiger partial charge is 0.356 e. The Kier molecular flexibility index (Phi) is 6.28. The summed E-state index contributed by atoms with van der Waals surface area (Å²) < 4.78 is 61.3. The maximum Gasteiger partial charge on any atom is 0.430 e. The molecule has 182 valence electrons. The van der Waals surface area contributed by atoms with Crippen LogP contribution in [0.15, 0.2) is 54.6 Å². The largest absolute Gasteiger partial charge is 0.430 e. The van der Waals surface area contributed by atoms with E-state index in [4.69, 9.17) is 4.74 Å². The molecule has 1 spiro atoms. The van der Waals surface area contributed by atoms with E-state index < -0.39 is 29.0 Å². The molecule has 34 heavy (non-hydrogen) atoms. The molecule has 4 rings (SSSR count). The van der Waals surface area contributed by atoms with E-state index in [2.05, 4.69) is 10.6 Å². The van der Waals surface area contributed by atoms with Gasteiger partial charge in [0.15, 0.2) is 0 Å². The van der Waals surface area contributed by atoms with Crippen molar-refractivity contribution < 1.29 is 31.9 Å². The number of piperidine rings is 1. The lowest BCUT2D eigenvalue weighted by molar-refractivity contribution is -0.270. The maximum absolute atomic E-state index is 14.3. The highest BCUT2D eigenvalue weighted by Crippen LogP contribution is 2.45. The van der Waals surface area contributed by atoms with Gasteiger partial charge in [-0.3, -0.25) is 4.79 Å². The highest BCUT2D eigenvalue weighted by molar-refractivity contribution is 5.88. The molecule has 2 atom stereocenters. The van der Waals surface area contributed by atoms with Crippen molar-refractivity contribution in [2.45, 2.75) is 36.1 Å². The standard InChI is InChI=1S/C24H25F4N3O3/c1-34-23(24(26,27)28,17-5-3-2-4-6-17)20(32)31-13-11-22(12-14-31)19(15-29-21(33)30-22)16-7-9-18(25)10-8-16/h2-10,19H,11-15H2,1H3,(H2,29,30,33)/t19-,23-/m1/s1. The summed E-state index contributed by atoms with van der Waals surface area (Å²) in [4.78, 5) is 26.7. The molecule has 3 amide bonds. The van der Waals surface area contributed by atoms with Gasteiger partial charge in [-0.15, -0.1) is 0 Å². The van der Waals surface area contributed by atoms with Crippen LogP contribution in [0.25, 0.3) is 0 Å². The fourth-order valence-electron chi connectivity index (χ4n) is 5.09. The number of carbonyl (C=O) groups excluding carboxylic acids is 2. The van der Waals surface area contributed by atoms with Crippen LogP contribution in [0.5, 0.6) is 0 Å². The molecule has 2 saturated heterocycles. The maximum atomic E-state index is 14.3. The van der Waals surface area contributed by atoms with E-state index in [1.165, 1.54) is 36.4 Å². The molecule has 2 heterocycles. The van der Waals surface area contributed by atoms with Crippen molar-refractivity contribution >= 4 is 11.9 Å². The zero-order chi connectivity index (χ0) is 24.6. The number of urea groups is 1. The lowest BCUT2D eigenvalue weighted by Gasteiger charge is -2.50. The number of nitrogens with one attached hydrogen (secondary N) is 2. The van der Waals surface area contributed by atoms with E-state index in [9.17, 15) is 27.2 Å². The predicted octanol–water partition coefficient (Wildman–Crippen LogP) is 3.69. The van der Waals surface area contributed by atoms with Gasteiger partial charge in [0, 0.05) is 38.2 Å². The number of likely N-dealkylation sites (tertiary alicyclic amines) is 1. The molecule has 2 aromatic rings. The topological polar surface area (TPSA) is 70.7 Å². The van der Waals surface area contributed by atoms with Crippen LogP contribution in [0.4, 0.5) is 22.4 Å². The minimum absolute atomic E-state index is 0.00910. The summed E-state index contributed by atoms with van der Waals surface area (Å²) in [6, 6.07) is 12.4. The molecule has 6 nitrogen and oxygen atoms in total. The molecular weight excluding hydrogens is 454 g/mol. The molecule has 2 aromatic carbocycles. The van der Waals surface area contributed by atoms with Crippen molar-refractivity contribution in [2.24, 2.45) is 0 Å². The van der Waals surface area contributed by atoms with Gasteiger partial charge in [-0.1, -0.05) is 42.5 Å². The minimum Gasteiger partial charge on any atom is -0.356 e. The zero-order valence-corrected chi connectivity index (χ0v) is 18.5. The number of amides is 3. The number of rotatable bonds is 4. The molecule has 0 radical (unpaired) electrons. The Labute approximate surface area is 194 Å². The number of benzene rings is 2. The Hall–Kier alpha value is -3.14. The number of nitrogens with zero attached hydrogens (tertiary/aromatic N) is 1. The predicted molar refractivity (Wildman–Crippen MR) is 115 cm³/mol. The molecular formula is C24H25F4N3O3. The van der Waals surface area contributed by atoms with Crippen LogP contribution < -0.4 is 10.6 Å². The third kappa shape index (κ3) is 4.00. The van der Waals surface area contributed by atoms with Crippen LogP contribution in [0.2, 0.25) is 0 Å². The molecule has 0 aromatic heterocycles. The van der Waals surface area contributed by atoms with Crippen LogP contribution in [0.3, 0.4) is 0 Å². The van der Waals surface area contributed by atoms with Crippen molar-refractivity contribution in [1.82, 2.24) is 15.5 Å². The average molecular weight is 479 g/mol. The summed E-state index contributed by atoms with van der Waals surface area (Å²) in [5.74, 6) is -1.83. The molecule has 2 N–H and O–H groups in total. The number of halogens is 4. The first-order valence-corrected chi connectivity index (χ1v) is 10.9. The number of methoxy groups -OCH3 is 1. The Bertz CT molecular complexity index is 1040. The zero-order valence-electron chi connectivity index (χ0n) is 18.5. The number of alkyl halides is 3. The van der Waals surface area contributed by atoms with Gasteiger partial charge in [-0.2, -0.15) is 13.2 Å². The number of ether oxygens (including phenoxy) is 1. The van der Waals surface area contributed by atoms with Gasteiger partial charge in [0.05, 0.1) is 5.54 Å². The quantitative estimate of drug-likeness (QED) is 0.658. The van der Waals surface area contributed by atoms with Gasteiger partial charge in [-0.25, -0.2) is 9.18 Å². The minimum atomic E-state index is -4.99. The highest BCUT2D eigenvalue weighted by atomic mass is 19.4. The van der Waals surface area contributed by atoms with E-state index in [1.807, 2.05) is 0 Å². The second kappa shape index (κ2) is 8.90. The summed E-state index contributed by atoms with van der Waals surface area (Å²) in [5, 5.41) is 5.67. The fraction of sp³-hybridized carbons (Fsp3) is 0.417. The van der Waals surface area contributed by atoms with Crippen LogP contribution in [0, 0.1) is 5.82 Å². The van der Waals surface area contributed by atoms with Crippen LogP contribution in [-0.2, 0) is 15.1 Å². The summed E-state index contributed by atoms with van der Waals surface area (Å²) in [5.41, 5.74) is -3.42. The Morgan fingerprint density at radius 2 is 1.68 bits per heavy atom. The SMILES string of the molecule is CO[C@@](C(=O)N1CCC2(CC1)NC(=O)NC[C@@H]2c1ccc(F)cc1)(c1ccccc1)C(F)(F)F. The third-order valence-electron chi connectivity index (χ3n) is 6.90. The second-order valence-corrected chi connectivity index (χ2v) is 8.64. The highest BCUT2D eigenvalue weighted by Gasteiger charge is 2.64. The first kappa shape index (κ1) is 24.0. The van der Waals surface area contributed by atoms with Crippen LogP contribution in [-0.4, -0.2) is 55.3 Å². The summed E-state index contributed by atoms with van der Waals surface area (Å²) in [7, 11) is 0.876. The van der Waals surface area contributed by atoms with Gasteiger partial charge >= 0.3 is 12.2 Å². The molecule has 0 bridgehead atoms. The molecule has 0 aliphatic carbocycles. The van der Waals surface area contributed by atoms with Gasteiger partial charge in [0.2, 0.25) is 0 Å². The summed E-state index contributed by atoms with van der Waals surface area (Å²) in [6.07, 6.45) is -4.52. The van der Waals surface area contributed by atoms with Crippen molar-refractivity contribution in [2.75, 3.05) is 26.7 Å². The van der Waals surface area contributed by atoms with E-state index in [1.54, 1.807) is 18.2 Å². The van der Waals surface area contributed by atoms with E-state index in [-0.39, 0.29) is 43.4 Å². The molecule has 0 saturated carbocycles. The number of carbonyl (C=O) groups is 2. The molecule has 0 unspecified atom stereocenters. The van der Waals surface area contributed by atoms with E-state index >= 15 is 0 Å². The molecule has 10 heteroatoms. The Morgan fingerprint density at radius 3 is 2.24 bits per heavy atom. The van der Waals surface area contributed by atoms with Crippen LogP contribution in [0.1, 0.15) is 29.9 Å². The lowest BCUT2D eigenvalue weighted by Crippen LogP contribution is -2.67. The summed E-state index contributed by atoms with van der Waals surface area (Å²) >= 11 is 0. The fourth-order valence-corrected chi connectivity index (χ4v) is 5.09. The molecule has 2 fully saturated rings. The van der Waals surface area contributed by atoms with Gasteiger partial charge in [-0.05, 0) is 30.5 Å². The van der Waals surface area contributed by atoms with Gasteiger partial charge < -0.3 is 20.3 Å². The van der Waals surface area contributed by atoms with Gasteiger partial charge in [0.1, 0.15) is 5.82 Å². The number of hydrogen-bond donors (Lipinski definition) is 2. The van der Waals surface area contributed by atoms with Crippen molar-refractivity contribution in [3.05, 3.63) is 71.5 Å². The first-order chi connectivity index (χ1) is 16.1. The van der Waals surface area contributed by atoms with E-state index in [0.29, 0.717) is 6.54 Å². The van der Waals surface area contributed by atoms with E-state index in [0.717, 1.165) is 17.6 Å². The normalized spacial score (nSPS) is 22.0. The number of hydrogen-bond acceptors (Lipinski definition) is 3. The monoisotopic (exact) mass is 479 g/mol. The van der Waals surface area contributed by atoms with Crippen molar-refractivity contribution in [3.63, 3.8) is 0 Å². The van der Waals surface area contributed by atoms with Crippen molar-refractivity contribution in [1.29, 1.82) is 0 Å². The first-order valence-electron chi connectivity index (χ1n) is 10.9. The molecule has 2 aliphatic rings. The van der Waals surface area contributed by atoms with Crippen LogP contribution >= 0.6 is 0 Å². The van der Waals surface area contributed by atoms with Gasteiger partial charge in [0.25, 0.3) is 11.5 Å². The summed E-state index contributed by atoms with van der Waals surface area (Å²) in [6.45, 7) is 0.273.